The Morgan fingerprint density at radius 3 is 2.35 bits per heavy atom. The number of anilines is 3. The van der Waals surface area contributed by atoms with Gasteiger partial charge in [-0.1, -0.05) is 0 Å². The molecule has 1 aliphatic heterocycles. The number of pyridine rings is 3. The first kappa shape index (κ1) is 21.7. The molecule has 0 radical (unpaired) electrons. The van der Waals surface area contributed by atoms with Crippen LogP contribution in [-0.2, 0) is 12.8 Å². The van der Waals surface area contributed by atoms with Gasteiger partial charge in [0.05, 0.1) is 0 Å². The second-order valence-corrected chi connectivity index (χ2v) is 23.3. The molecule has 0 aromatic carbocycles. The molecule has 0 aliphatic carbocycles. The van der Waals surface area contributed by atoms with E-state index in [0.29, 0.717) is 17.9 Å². The van der Waals surface area contributed by atoms with Crippen LogP contribution in [0.15, 0.2) is 48.9 Å². The monoisotopic (exact) mass is 523 g/mol. The number of carbonyl (C=O) groups is 1. The Kier molecular flexibility index (Phi) is 6.01. The minimum atomic E-state index is -2.37. The summed E-state index contributed by atoms with van der Waals surface area (Å²) in [5.41, 5.74) is 3.75. The standard InChI is InChI=1S/C21H20N5O.3CH3.Sn/c1-3-26-19-17(21(27)25(2)18-5-4-10-23-20(18)26)13-16(14-24-19)7-6-15-8-11-22-12-9-15;;;;/h4-5,8-9,11-14H,3,6-7H2,1-2H3;3*1H3;. The van der Waals surface area contributed by atoms with Gasteiger partial charge in [-0.25, -0.2) is 0 Å². The van der Waals surface area contributed by atoms with Crippen molar-refractivity contribution in [3.05, 3.63) is 65.6 Å². The summed E-state index contributed by atoms with van der Waals surface area (Å²) in [6, 6.07) is 10.2. The fourth-order valence-electron chi connectivity index (χ4n) is 3.86. The van der Waals surface area contributed by atoms with Gasteiger partial charge in [0.2, 0.25) is 0 Å². The van der Waals surface area contributed by atoms with Gasteiger partial charge in [-0.15, -0.1) is 0 Å². The van der Waals surface area contributed by atoms with Crippen LogP contribution in [0.2, 0.25) is 14.8 Å². The zero-order valence-corrected chi connectivity index (χ0v) is 21.7. The molecule has 6 nitrogen and oxygen atoms in total. The maximum absolute atomic E-state index is 13.4. The van der Waals surface area contributed by atoms with E-state index in [1.807, 2.05) is 43.8 Å². The van der Waals surface area contributed by atoms with Crippen LogP contribution in [0, 0.1) is 0 Å². The number of amides is 1. The van der Waals surface area contributed by atoms with E-state index in [2.05, 4.69) is 43.8 Å². The first-order valence-corrected chi connectivity index (χ1v) is 20.7. The van der Waals surface area contributed by atoms with Crippen molar-refractivity contribution in [2.45, 2.75) is 34.6 Å². The number of hydrogen-bond acceptors (Lipinski definition) is 5. The third-order valence-corrected chi connectivity index (χ3v) is 10.9. The Morgan fingerprint density at radius 2 is 1.68 bits per heavy atom. The van der Waals surface area contributed by atoms with Gasteiger partial charge in [-0.3, -0.25) is 4.98 Å². The molecule has 0 atom stereocenters. The summed E-state index contributed by atoms with van der Waals surface area (Å²) in [6.45, 7) is 2.78. The zero-order valence-electron chi connectivity index (χ0n) is 18.9. The van der Waals surface area contributed by atoms with Crippen molar-refractivity contribution < 1.29 is 4.79 Å². The van der Waals surface area contributed by atoms with Crippen LogP contribution in [0.3, 0.4) is 0 Å². The fraction of sp³-hybridized carbons (Fsp3) is 0.333. The van der Waals surface area contributed by atoms with E-state index in [1.165, 1.54) is 9.27 Å². The van der Waals surface area contributed by atoms with Crippen molar-refractivity contribution in [3.63, 3.8) is 0 Å². The molecule has 0 fully saturated rings. The second-order valence-electron chi connectivity index (χ2n) is 8.97. The summed E-state index contributed by atoms with van der Waals surface area (Å²) >= 11 is -2.37. The van der Waals surface area contributed by atoms with E-state index in [4.69, 9.17) is 9.97 Å². The van der Waals surface area contributed by atoms with Gasteiger partial charge in [0, 0.05) is 12.4 Å². The van der Waals surface area contributed by atoms with Gasteiger partial charge in [-0.05, 0) is 0 Å². The third kappa shape index (κ3) is 4.31. The molecule has 0 spiro atoms. The van der Waals surface area contributed by atoms with Crippen LogP contribution in [0.1, 0.15) is 28.4 Å². The number of hydrogen-bond donors (Lipinski definition) is 0. The number of nitrogens with zero attached hydrogens (tertiary/aromatic N) is 5. The SMILES string of the molecule is CCN1c2ncc(CCc3ccncc3)cc2C(=O)N(C)c2cc[c]([Sn]([CH3])([CH3])[CH3])nc21. The second kappa shape index (κ2) is 8.57. The van der Waals surface area contributed by atoms with Gasteiger partial charge in [0.25, 0.3) is 0 Å². The van der Waals surface area contributed by atoms with Gasteiger partial charge in [0.1, 0.15) is 0 Å². The summed E-state index contributed by atoms with van der Waals surface area (Å²) in [6.07, 6.45) is 7.22. The molecule has 1 amide bonds. The Morgan fingerprint density at radius 1 is 0.968 bits per heavy atom. The molecule has 4 rings (SSSR count). The number of rotatable bonds is 5. The first-order chi connectivity index (χ1) is 14.8. The number of carbonyl (C=O) groups excluding carboxylic acids is 1. The molecule has 4 heterocycles. The summed E-state index contributed by atoms with van der Waals surface area (Å²) < 4.78 is 1.20. The fourth-order valence-corrected chi connectivity index (χ4v) is 6.78. The summed E-state index contributed by atoms with van der Waals surface area (Å²) in [5.74, 6) is 1.48. The quantitative estimate of drug-likeness (QED) is 0.476. The van der Waals surface area contributed by atoms with Crippen LogP contribution < -0.4 is 13.5 Å². The molecule has 0 unspecified atom stereocenters. The molecule has 160 valence electrons. The van der Waals surface area contributed by atoms with Crippen molar-refractivity contribution in [3.8, 4) is 0 Å². The van der Waals surface area contributed by atoms with E-state index >= 15 is 0 Å². The van der Waals surface area contributed by atoms with Crippen molar-refractivity contribution in [2.75, 3.05) is 23.4 Å². The number of fused-ring (bicyclic) bond motifs is 2. The summed E-state index contributed by atoms with van der Waals surface area (Å²) in [4.78, 5) is 38.2. The molecule has 7 heteroatoms. The van der Waals surface area contributed by atoms with E-state index in [1.54, 1.807) is 4.90 Å². The van der Waals surface area contributed by atoms with E-state index in [9.17, 15) is 4.79 Å². The molecular weight excluding hydrogens is 493 g/mol. The van der Waals surface area contributed by atoms with Gasteiger partial charge in [-0.2, -0.15) is 0 Å². The van der Waals surface area contributed by atoms with Crippen molar-refractivity contribution in [1.82, 2.24) is 15.0 Å². The van der Waals surface area contributed by atoms with E-state index in [-0.39, 0.29) is 5.91 Å². The van der Waals surface area contributed by atoms with Gasteiger partial charge in [0.15, 0.2) is 0 Å². The van der Waals surface area contributed by atoms with Crippen LogP contribution in [0.25, 0.3) is 0 Å². The van der Waals surface area contributed by atoms with Crippen molar-refractivity contribution >= 4 is 45.3 Å². The molecular formula is C24H29N5OSn. The van der Waals surface area contributed by atoms with E-state index in [0.717, 1.165) is 29.9 Å². The molecule has 31 heavy (non-hydrogen) atoms. The summed E-state index contributed by atoms with van der Waals surface area (Å²) in [5, 5.41) is 0. The minimum absolute atomic E-state index is 0.0423. The molecule has 0 bridgehead atoms. The Hall–Kier alpha value is -2.48. The van der Waals surface area contributed by atoms with Crippen molar-refractivity contribution in [1.29, 1.82) is 0 Å². The summed E-state index contributed by atoms with van der Waals surface area (Å²) in [7, 11) is 1.83. The molecule has 3 aromatic rings. The first-order valence-electron chi connectivity index (χ1n) is 10.7. The Bertz CT molecular complexity index is 1110. The van der Waals surface area contributed by atoms with Gasteiger partial charge >= 0.3 is 171 Å². The number of aromatic nitrogens is 3. The van der Waals surface area contributed by atoms with Crippen LogP contribution >= 0.6 is 0 Å². The Balaban J connectivity index is 1.75. The molecule has 0 saturated carbocycles. The van der Waals surface area contributed by atoms with Gasteiger partial charge < -0.3 is 0 Å². The molecule has 0 saturated heterocycles. The third-order valence-electron chi connectivity index (χ3n) is 5.72. The van der Waals surface area contributed by atoms with Crippen molar-refractivity contribution in [2.24, 2.45) is 0 Å². The topological polar surface area (TPSA) is 62.2 Å². The molecule has 0 N–H and O–H groups in total. The predicted octanol–water partition coefficient (Wildman–Crippen LogP) is 3.95. The number of aryl methyl sites for hydroxylation is 2. The van der Waals surface area contributed by atoms with Crippen LogP contribution in [0.4, 0.5) is 17.3 Å². The van der Waals surface area contributed by atoms with E-state index < -0.39 is 18.4 Å². The average molecular weight is 522 g/mol. The molecule has 3 aromatic heterocycles. The average Bonchev–Trinajstić information content (AvgIpc) is 2.85. The van der Waals surface area contributed by atoms with Crippen LogP contribution in [0.5, 0.6) is 0 Å². The predicted molar refractivity (Wildman–Crippen MR) is 129 cm³/mol. The normalized spacial score (nSPS) is 13.6. The molecule has 1 aliphatic rings. The Labute approximate surface area is 188 Å². The maximum atomic E-state index is 13.4. The zero-order chi connectivity index (χ0) is 22.2. The van der Waals surface area contributed by atoms with Crippen LogP contribution in [-0.4, -0.2) is 52.8 Å².